The summed E-state index contributed by atoms with van der Waals surface area (Å²) >= 11 is 0. The summed E-state index contributed by atoms with van der Waals surface area (Å²) in [4.78, 5) is 13.2. The molecule has 42 heavy (non-hydrogen) atoms. The normalized spacial score (nSPS) is 33.5. The van der Waals surface area contributed by atoms with Crippen LogP contribution in [0.15, 0.2) is 45.6 Å². The van der Waals surface area contributed by atoms with E-state index in [1.54, 1.807) is 0 Å². The maximum Gasteiger partial charge on any atom is 0.229 e. The van der Waals surface area contributed by atoms with Crippen LogP contribution in [-0.4, -0.2) is 119 Å². The van der Waals surface area contributed by atoms with Gasteiger partial charge in [-0.2, -0.15) is 0 Å². The molecule has 228 valence electrons. The molecule has 2 fully saturated rings. The van der Waals surface area contributed by atoms with E-state index < -0.39 is 102 Å². The van der Waals surface area contributed by atoms with Gasteiger partial charge >= 0.3 is 0 Å². The molecule has 2 aliphatic rings. The van der Waals surface area contributed by atoms with Crippen LogP contribution >= 0.6 is 0 Å². The highest BCUT2D eigenvalue weighted by Crippen LogP contribution is 2.45. The minimum atomic E-state index is -1.92. The molecular formula is C27H30O15. The van der Waals surface area contributed by atoms with Crippen molar-refractivity contribution in [3.05, 3.63) is 52.2 Å². The highest BCUT2D eigenvalue weighted by Gasteiger charge is 2.48. The average molecular weight is 595 g/mol. The molecule has 2 aliphatic heterocycles. The molecule has 0 spiro atoms. The number of aliphatic hydroxyl groups is 8. The maximum absolute atomic E-state index is 13.2. The Bertz CT molecular complexity index is 1470. The van der Waals surface area contributed by atoms with Crippen molar-refractivity contribution in [3.8, 4) is 28.6 Å². The number of aliphatic hydroxyl groups excluding tert-OH is 8. The van der Waals surface area contributed by atoms with Gasteiger partial charge in [0.1, 0.15) is 83.3 Å². The molecule has 10 N–H and O–H groups in total. The molecule has 15 heteroatoms. The smallest absolute Gasteiger partial charge is 0.229 e. The van der Waals surface area contributed by atoms with E-state index in [9.17, 15) is 55.9 Å². The molecule has 3 heterocycles. The van der Waals surface area contributed by atoms with E-state index in [2.05, 4.69) is 0 Å². The Kier molecular flexibility index (Phi) is 8.41. The first-order chi connectivity index (χ1) is 20.0. The summed E-state index contributed by atoms with van der Waals surface area (Å²) < 4.78 is 22.9. The van der Waals surface area contributed by atoms with Gasteiger partial charge in [0.15, 0.2) is 11.0 Å². The second-order valence-electron chi connectivity index (χ2n) is 10.1. The zero-order valence-corrected chi connectivity index (χ0v) is 21.7. The summed E-state index contributed by atoms with van der Waals surface area (Å²) in [6, 6.07) is 7.48. The van der Waals surface area contributed by atoms with E-state index >= 15 is 0 Å². The minimum absolute atomic E-state index is 0.0669. The summed E-state index contributed by atoms with van der Waals surface area (Å²) in [6.07, 6.45) is -17.3. The average Bonchev–Trinajstić information content (AvgIpc) is 2.97. The molecule has 15 nitrogen and oxygen atoms in total. The zero-order valence-electron chi connectivity index (χ0n) is 21.7. The number of hydrogen-bond acceptors (Lipinski definition) is 15. The van der Waals surface area contributed by atoms with E-state index in [0.717, 1.165) is 12.1 Å². The third kappa shape index (κ3) is 5.20. The van der Waals surface area contributed by atoms with Crippen LogP contribution in [0.25, 0.3) is 22.3 Å². The van der Waals surface area contributed by atoms with Gasteiger partial charge in [-0.05, 0) is 24.3 Å². The number of benzene rings is 2. The van der Waals surface area contributed by atoms with Gasteiger partial charge in [0.2, 0.25) is 6.29 Å². The van der Waals surface area contributed by atoms with Crippen LogP contribution in [-0.2, 0) is 9.47 Å². The van der Waals surface area contributed by atoms with Crippen molar-refractivity contribution >= 4 is 11.0 Å². The third-order valence-corrected chi connectivity index (χ3v) is 7.40. The fourth-order valence-electron chi connectivity index (χ4n) is 5.08. The lowest BCUT2D eigenvalue weighted by Gasteiger charge is -2.42. The van der Waals surface area contributed by atoms with Crippen molar-refractivity contribution in [2.75, 3.05) is 13.2 Å². The first-order valence-corrected chi connectivity index (χ1v) is 12.9. The first kappa shape index (κ1) is 30.1. The molecular weight excluding hydrogens is 564 g/mol. The van der Waals surface area contributed by atoms with Crippen LogP contribution in [0.3, 0.4) is 0 Å². The number of rotatable bonds is 6. The molecule has 0 radical (unpaired) electrons. The molecule has 0 unspecified atom stereocenters. The summed E-state index contributed by atoms with van der Waals surface area (Å²) in [5.41, 5.74) is -1.20. The van der Waals surface area contributed by atoms with Gasteiger partial charge in [-0.1, -0.05) is 0 Å². The molecule has 1 aromatic heterocycles. The third-order valence-electron chi connectivity index (χ3n) is 7.40. The largest absolute Gasteiger partial charge is 0.508 e. The predicted molar refractivity (Wildman–Crippen MR) is 138 cm³/mol. The molecule has 0 aliphatic carbocycles. The lowest BCUT2D eigenvalue weighted by Crippen LogP contribution is -2.60. The van der Waals surface area contributed by atoms with Crippen molar-refractivity contribution in [2.24, 2.45) is 0 Å². The van der Waals surface area contributed by atoms with E-state index in [-0.39, 0.29) is 17.1 Å². The Balaban J connectivity index is 1.73. The van der Waals surface area contributed by atoms with Crippen LogP contribution < -0.4 is 10.2 Å². The van der Waals surface area contributed by atoms with Crippen LogP contribution in [0.4, 0.5) is 0 Å². The summed E-state index contributed by atoms with van der Waals surface area (Å²) in [5.74, 6) is -1.29. The molecule has 10 atom stereocenters. The molecule has 3 aromatic rings. The van der Waals surface area contributed by atoms with Gasteiger partial charge in [0.25, 0.3) is 0 Å². The number of hydrogen-bond donors (Lipinski definition) is 10. The van der Waals surface area contributed by atoms with Gasteiger partial charge in [-0.3, -0.25) is 4.79 Å². The highest BCUT2D eigenvalue weighted by molar-refractivity contribution is 5.89. The van der Waals surface area contributed by atoms with Gasteiger partial charge in [0.05, 0.1) is 18.8 Å². The first-order valence-electron chi connectivity index (χ1n) is 12.9. The lowest BCUT2D eigenvalue weighted by molar-refractivity contribution is -0.278. The molecule has 0 bridgehead atoms. The van der Waals surface area contributed by atoms with Crippen molar-refractivity contribution in [2.45, 2.75) is 61.2 Å². The topological polar surface area (TPSA) is 260 Å². The van der Waals surface area contributed by atoms with E-state index in [1.165, 1.54) is 24.3 Å². The second kappa shape index (κ2) is 11.7. The highest BCUT2D eigenvalue weighted by atomic mass is 16.7. The number of phenols is 2. The summed E-state index contributed by atoms with van der Waals surface area (Å²) in [7, 11) is 0. The molecule has 5 rings (SSSR count). The van der Waals surface area contributed by atoms with E-state index in [4.69, 9.17) is 18.6 Å². The maximum atomic E-state index is 13.2. The second-order valence-corrected chi connectivity index (χ2v) is 10.1. The van der Waals surface area contributed by atoms with Gasteiger partial charge in [-0.15, -0.1) is 0 Å². The molecule has 0 saturated carbocycles. The Morgan fingerprint density at radius 2 is 1.33 bits per heavy atom. The van der Waals surface area contributed by atoms with Crippen LogP contribution in [0, 0.1) is 0 Å². The SMILES string of the molecule is O=c1cc(-c2ccc(O)cc2)oc2c([C@H]3O[C@@H](CO)[C@@H](O)[C@H](O)[C@@H]3O)c(O[C@@H]3O[C@H](CO)[C@@H](O)[C@H](O)[C@H]3O)cc(O)c12. The standard InChI is InChI=1S/C27H30O15/c28-7-15-19(33)21(35)23(37)26(40-15)18-14(41-27-24(38)22(36)20(34)16(8-29)42-27)6-12(32)17-11(31)5-13(39-25(17)18)9-1-3-10(30)4-2-9/h1-6,15-16,19-24,26-30,32-38H,7-8H2/t15-,16+,19+,20+,21-,22-,23-,24+,26+,27+/m0/s1. The summed E-state index contributed by atoms with van der Waals surface area (Å²) in [5, 5.41) is 102. The number of ether oxygens (including phenoxy) is 3. The van der Waals surface area contributed by atoms with E-state index in [0.29, 0.717) is 5.56 Å². The van der Waals surface area contributed by atoms with Crippen molar-refractivity contribution in [3.63, 3.8) is 0 Å². The zero-order chi connectivity index (χ0) is 30.5. The van der Waals surface area contributed by atoms with Gasteiger partial charge < -0.3 is 69.7 Å². The Labute approximate surface area is 236 Å². The lowest BCUT2D eigenvalue weighted by atomic mass is 9.89. The van der Waals surface area contributed by atoms with Gasteiger partial charge in [0, 0.05) is 17.7 Å². The van der Waals surface area contributed by atoms with E-state index in [1.807, 2.05) is 0 Å². The number of aromatic hydroxyl groups is 2. The van der Waals surface area contributed by atoms with Crippen LogP contribution in [0.5, 0.6) is 17.2 Å². The van der Waals surface area contributed by atoms with Gasteiger partial charge in [-0.25, -0.2) is 0 Å². The minimum Gasteiger partial charge on any atom is -0.508 e. The Morgan fingerprint density at radius 1 is 0.738 bits per heavy atom. The predicted octanol–water partition coefficient (Wildman–Crippen LogP) is -2.44. The number of phenolic OH excluding ortho intramolecular Hbond substituents is 2. The molecule has 2 saturated heterocycles. The fraction of sp³-hybridized carbons (Fsp3) is 0.444. The quantitative estimate of drug-likeness (QED) is 0.142. The Hall–Kier alpha value is -3.35. The Morgan fingerprint density at radius 3 is 1.95 bits per heavy atom. The number of fused-ring (bicyclic) bond motifs is 1. The monoisotopic (exact) mass is 594 g/mol. The summed E-state index contributed by atoms with van der Waals surface area (Å²) in [6.45, 7) is -1.58. The van der Waals surface area contributed by atoms with Crippen molar-refractivity contribution in [1.29, 1.82) is 0 Å². The molecule has 2 aromatic carbocycles. The van der Waals surface area contributed by atoms with Crippen molar-refractivity contribution in [1.82, 2.24) is 0 Å². The fourth-order valence-corrected chi connectivity index (χ4v) is 5.08. The van der Waals surface area contributed by atoms with Crippen LogP contribution in [0.1, 0.15) is 11.7 Å². The van der Waals surface area contributed by atoms with Crippen molar-refractivity contribution < 1.29 is 69.7 Å². The van der Waals surface area contributed by atoms with Crippen LogP contribution in [0.2, 0.25) is 0 Å². The molecule has 0 amide bonds.